The summed E-state index contributed by atoms with van der Waals surface area (Å²) in [6, 6.07) is 31.1. The van der Waals surface area contributed by atoms with Gasteiger partial charge in [-0.25, -0.2) is 28.6 Å². The van der Waals surface area contributed by atoms with Gasteiger partial charge in [-0.3, -0.25) is 60.4 Å². The van der Waals surface area contributed by atoms with Gasteiger partial charge in [0.05, 0.1) is 110 Å². The highest BCUT2D eigenvalue weighted by Gasteiger charge is 2.50. The lowest BCUT2D eigenvalue weighted by molar-refractivity contribution is -0.0948. The third-order valence-corrected chi connectivity index (χ3v) is 22.1. The lowest BCUT2D eigenvalue weighted by Gasteiger charge is -2.37. The number of imidazole rings is 2. The van der Waals surface area contributed by atoms with Gasteiger partial charge in [0.25, 0.3) is 19.6 Å². The molecule has 3 aromatic carbocycles. The molecule has 39 heteroatoms. The Labute approximate surface area is 596 Å². The van der Waals surface area contributed by atoms with Crippen LogP contribution in [0.15, 0.2) is 118 Å². The number of benzene rings is 3. The zero-order valence-electron chi connectivity index (χ0n) is 57.3. The highest BCUT2D eigenvalue weighted by Crippen LogP contribution is 2.58. The zero-order chi connectivity index (χ0) is 73.9. The molecule has 11 rings (SSSR count). The normalized spacial score (nSPS) is 22.0. The fourth-order valence-electron chi connectivity index (χ4n) is 12.3. The Morgan fingerprint density at radius 3 is 1.50 bits per heavy atom. The average Bonchev–Trinajstić information content (AvgIpc) is 1.18. The van der Waals surface area contributed by atoms with Gasteiger partial charge < -0.3 is 54.7 Å². The summed E-state index contributed by atoms with van der Waals surface area (Å²) in [5, 5.41) is 29.1. The topological polar surface area (TPSA) is 478 Å². The number of hydrogen-bond acceptors (Lipinski definition) is 31. The third kappa shape index (κ3) is 17.4. The number of nitriles is 3. The van der Waals surface area contributed by atoms with Gasteiger partial charge in [0, 0.05) is 37.5 Å². The van der Waals surface area contributed by atoms with E-state index < -0.39 is 128 Å². The summed E-state index contributed by atoms with van der Waals surface area (Å²) in [6.45, 7) is 5.00. The van der Waals surface area contributed by atoms with Crippen molar-refractivity contribution in [3.05, 3.63) is 152 Å². The van der Waals surface area contributed by atoms with Crippen LogP contribution in [0.3, 0.4) is 0 Å². The number of H-pyrrole nitrogens is 2. The van der Waals surface area contributed by atoms with Gasteiger partial charge in [-0.15, -0.1) is 0 Å². The molecule has 8 N–H and O–H groups in total. The fourth-order valence-corrected chi connectivity index (χ4v) is 16.9. The van der Waals surface area contributed by atoms with Crippen molar-refractivity contribution in [2.75, 3.05) is 71.1 Å². The van der Waals surface area contributed by atoms with Crippen LogP contribution in [0.1, 0.15) is 102 Å². The summed E-state index contributed by atoms with van der Waals surface area (Å²) in [5.41, 5.74) is 16.2. The molecule has 0 bridgehead atoms. The molecular weight excluding hydrogens is 1420 g/mol. The molecule has 8 heterocycles. The number of ether oxygens (including phenoxy) is 6. The summed E-state index contributed by atoms with van der Waals surface area (Å²) in [7, 11) is -8.97. The van der Waals surface area contributed by atoms with Crippen LogP contribution in [0.5, 0.6) is 11.5 Å². The van der Waals surface area contributed by atoms with E-state index in [-0.39, 0.29) is 104 Å². The van der Waals surface area contributed by atoms with Gasteiger partial charge in [0.15, 0.2) is 22.3 Å². The number of nitrogens with one attached hydrogen (secondary N) is 2. The molecule has 3 unspecified atom stereocenters. The van der Waals surface area contributed by atoms with E-state index in [9.17, 15) is 30.2 Å². The van der Waals surface area contributed by atoms with Gasteiger partial charge >= 0.3 is 21.3 Å². The highest BCUT2D eigenvalue weighted by molar-refractivity contribution is 7.48. The first-order chi connectivity index (χ1) is 50.1. The predicted octanol–water partition coefficient (Wildman–Crippen LogP) is 7.69. The van der Waals surface area contributed by atoms with Crippen LogP contribution in [0.2, 0.25) is 0 Å². The maximum Gasteiger partial charge on any atom is 0.475 e. The molecule has 3 fully saturated rings. The van der Waals surface area contributed by atoms with E-state index in [2.05, 4.69) is 41.0 Å². The van der Waals surface area contributed by atoms with Crippen molar-refractivity contribution in [2.45, 2.75) is 139 Å². The number of aromatic amines is 2. The van der Waals surface area contributed by atoms with Crippen LogP contribution in [-0.2, 0) is 69.9 Å². The number of nitrogens with zero attached hydrogens (tertiary/aromatic N) is 12. The molecule has 12 atom stereocenters. The smallest absolute Gasteiger partial charge is 0.475 e. The molecule has 8 aromatic rings. The lowest BCUT2D eigenvalue weighted by Crippen LogP contribution is -2.38. The monoisotopic (exact) mass is 1490 g/mol. The van der Waals surface area contributed by atoms with Crippen LogP contribution < -0.4 is 43.5 Å². The van der Waals surface area contributed by atoms with E-state index in [1.165, 1.54) is 38.6 Å². The van der Waals surface area contributed by atoms with Crippen LogP contribution in [-0.4, -0.2) is 156 Å². The number of fused-ring (bicyclic) bond motifs is 2. The summed E-state index contributed by atoms with van der Waals surface area (Å²) < 4.78 is 126. The minimum absolute atomic E-state index is 0.00615. The number of methoxy groups -OCH3 is 2. The minimum atomic E-state index is -5.08. The molecule has 3 saturated heterocycles. The van der Waals surface area contributed by atoms with E-state index >= 15 is 9.13 Å². The summed E-state index contributed by atoms with van der Waals surface area (Å²) >= 11 is 0. The molecule has 552 valence electrons. The van der Waals surface area contributed by atoms with E-state index in [0.717, 1.165) is 0 Å². The van der Waals surface area contributed by atoms with Crippen molar-refractivity contribution in [3.8, 4) is 29.7 Å². The van der Waals surface area contributed by atoms with Crippen molar-refractivity contribution in [1.82, 2.24) is 53.3 Å². The van der Waals surface area contributed by atoms with Crippen LogP contribution in [0, 0.1) is 34.0 Å². The fraction of sp³-hybridized carbons (Fsp3) is 0.462. The van der Waals surface area contributed by atoms with Crippen LogP contribution in [0.25, 0.3) is 22.3 Å². The number of phosphoric acid groups is 2. The standard InChI is InChI=1S/C65H78N17O19P3/c1-39(2)82(40(3)4)102(91-28-10-24-66)99-46-31-53(79-27-23-52(69)74-64(79)85)97-50(46)35-94-103(86,92-29-11-25-67)101-48-33-55(81-38-73-57-59(81)76-63(71)78-61(57)84)98-51(48)36-95-104(87,93-30-12-26-68)100-47-32-54(80-37-72-56-58(80)75-62(70)77-60(56)83)96-49(47)34-90-65(41-13-8-7-9-14-41,42-15-19-44(88-5)20-16-42)43-17-21-45(89-6)22-18-43/h7-9,13-23,27,37-40,46-51,53-55H,10-12,28-36H2,1-6H3,(H2,69,74,85)(H3,70,75,77,83)(H3,71,76,78,84)/t46-,47-,48-,49+,50+,51+,53+,54+,55+,102?,103?,104?/m0/s1. The Morgan fingerprint density at radius 1 is 0.596 bits per heavy atom. The molecule has 0 aliphatic carbocycles. The Balaban J connectivity index is 0.937. The van der Waals surface area contributed by atoms with E-state index in [4.69, 9.17) is 81.8 Å². The summed E-state index contributed by atoms with van der Waals surface area (Å²) in [4.78, 5) is 65.7. The van der Waals surface area contributed by atoms with Crippen molar-refractivity contribution in [2.24, 2.45) is 0 Å². The Kier molecular flexibility index (Phi) is 24.8. The van der Waals surface area contributed by atoms with Gasteiger partial charge in [0.2, 0.25) is 11.9 Å². The first-order valence-electron chi connectivity index (χ1n) is 33.0. The third-order valence-electron chi connectivity index (χ3n) is 17.0. The Morgan fingerprint density at radius 2 is 1.04 bits per heavy atom. The molecular formula is C65H78N17O19P3. The van der Waals surface area contributed by atoms with E-state index in [1.54, 1.807) is 38.5 Å². The number of hydrogen-bond donors (Lipinski definition) is 5. The average molecular weight is 1490 g/mol. The molecule has 0 saturated carbocycles. The first kappa shape index (κ1) is 76.2. The number of rotatable bonds is 35. The second kappa shape index (κ2) is 33.9. The largest absolute Gasteiger partial charge is 0.497 e. The number of anilines is 3. The predicted molar refractivity (Wildman–Crippen MR) is 371 cm³/mol. The maximum absolute atomic E-state index is 15.9. The van der Waals surface area contributed by atoms with Gasteiger partial charge in [0.1, 0.15) is 72.1 Å². The molecule has 0 radical (unpaired) electrons. The van der Waals surface area contributed by atoms with Crippen molar-refractivity contribution in [3.63, 3.8) is 0 Å². The number of aromatic nitrogens is 10. The van der Waals surface area contributed by atoms with Crippen LogP contribution >= 0.6 is 24.2 Å². The van der Waals surface area contributed by atoms with Gasteiger partial charge in [-0.2, -0.15) is 30.7 Å². The lowest BCUT2D eigenvalue weighted by atomic mass is 9.80. The molecule has 0 spiro atoms. The molecule has 0 amide bonds. The zero-order valence-corrected chi connectivity index (χ0v) is 60.0. The van der Waals surface area contributed by atoms with Gasteiger partial charge in [-0.05, 0) is 74.7 Å². The SMILES string of the molecule is COc1ccc(C(OC[C@H]2O[C@@H](n3cnc4c(=O)[nH]c(N)nc43)C[C@@H]2OP(=O)(OCCC#N)OC[C@H]2O[C@@H](n3cnc4c(=O)[nH]c(N)nc43)C[C@@H]2OP(=O)(OCCC#N)OC[C@H]2O[C@@H](n3ccc(N)nc3=O)C[C@@H]2OP(OCCC#N)N(C(C)C)C(C)C)(c2ccccc2)c2ccc(OC)cc2)cc1. The second-order valence-corrected chi connectivity index (χ2v) is 29.1. The van der Waals surface area contributed by atoms with Crippen LogP contribution in [0.4, 0.5) is 17.7 Å². The van der Waals surface area contributed by atoms with Crippen molar-refractivity contribution in [1.29, 1.82) is 15.8 Å². The van der Waals surface area contributed by atoms with E-state index in [0.29, 0.717) is 28.2 Å². The second-order valence-electron chi connectivity index (χ2n) is 24.4. The molecule has 3 aliphatic heterocycles. The Hall–Kier alpha value is -8.92. The highest BCUT2D eigenvalue weighted by atomic mass is 31.2. The number of phosphoric ester groups is 2. The summed E-state index contributed by atoms with van der Waals surface area (Å²) in [5.74, 6) is 0.595. The Bertz CT molecular complexity index is 4630. The van der Waals surface area contributed by atoms with Gasteiger partial charge in [-0.1, -0.05) is 54.6 Å². The van der Waals surface area contributed by atoms with Crippen molar-refractivity contribution >= 4 is 64.2 Å². The maximum atomic E-state index is 15.9. The number of nitrogen functional groups attached to an aromatic ring is 3. The number of nitrogens with two attached hydrogens (primary N) is 3. The van der Waals surface area contributed by atoms with E-state index in [1.807, 2.05) is 99.1 Å². The minimum Gasteiger partial charge on any atom is -0.497 e. The summed E-state index contributed by atoms with van der Waals surface area (Å²) in [6.07, 6.45) is -8.16. The first-order valence-corrected chi connectivity index (χ1v) is 37.0. The van der Waals surface area contributed by atoms with Crippen molar-refractivity contribution < 1.29 is 73.7 Å². The quantitative estimate of drug-likeness (QED) is 0.0144. The molecule has 3 aliphatic rings. The molecule has 5 aromatic heterocycles. The molecule has 36 nitrogen and oxygen atoms in total. The molecule has 104 heavy (non-hydrogen) atoms.